The third-order valence-corrected chi connectivity index (χ3v) is 14.9. The molecular weight excluding hydrogens is 496 g/mol. The Labute approximate surface area is 243 Å². The number of aromatic nitrogens is 2. The number of fused-ring (bicyclic) bond motifs is 7. The highest BCUT2D eigenvalue weighted by atomic mass is 16.4. The summed E-state index contributed by atoms with van der Waals surface area (Å²) >= 11 is 0. The molecule has 0 spiro atoms. The molecule has 0 aliphatic heterocycles. The van der Waals surface area contributed by atoms with Crippen LogP contribution in [0.5, 0.6) is 0 Å². The summed E-state index contributed by atoms with van der Waals surface area (Å²) in [5.74, 6) is 2.62. The molecule has 0 amide bonds. The van der Waals surface area contributed by atoms with Crippen LogP contribution in [0.25, 0.3) is 0 Å². The zero-order chi connectivity index (χ0) is 29.4. The second kappa shape index (κ2) is 9.78. The molecule has 0 bridgehead atoms. The maximum absolute atomic E-state index is 12.7. The normalized spacial score (nSPS) is 51.0. The Kier molecular flexibility index (Phi) is 7.33. The van der Waals surface area contributed by atoms with Crippen LogP contribution in [-0.4, -0.2) is 31.8 Å². The lowest BCUT2D eigenvalue weighted by atomic mass is 9.30. The van der Waals surface area contributed by atoms with Gasteiger partial charge in [0.2, 0.25) is 0 Å². The van der Waals surface area contributed by atoms with Crippen molar-refractivity contribution >= 4 is 5.97 Å². The molecular formula is C35H56N2O3. The molecule has 5 fully saturated rings. The highest BCUT2D eigenvalue weighted by Gasteiger charge is 2.74. The van der Waals surface area contributed by atoms with E-state index in [-0.39, 0.29) is 28.1 Å². The van der Waals surface area contributed by atoms with Gasteiger partial charge in [-0.3, -0.25) is 9.97 Å². The SMILES string of the molecule is C[C@@H]1[C@H]2[C@H]3CC[C@@H]4[C@]5(C)[C@@H](CC[C@@]4(C)[C@]3(C)CC[C@@]2(C)CC[C@H]1C)C(C)(C)CCC5(O)C(=O)O.c1cnccn1. The zero-order valence-electron chi connectivity index (χ0n) is 26.5. The minimum Gasteiger partial charge on any atom is -0.479 e. The number of nitrogens with zero attached hydrogens (tertiary/aromatic N) is 2. The molecule has 2 N–H and O–H groups in total. The van der Waals surface area contributed by atoms with Gasteiger partial charge in [-0.2, -0.15) is 0 Å². The van der Waals surface area contributed by atoms with Crippen molar-refractivity contribution in [1.29, 1.82) is 0 Å². The lowest BCUT2D eigenvalue weighted by Crippen LogP contribution is -2.73. The van der Waals surface area contributed by atoms with Gasteiger partial charge >= 0.3 is 5.97 Å². The molecule has 0 saturated heterocycles. The molecule has 6 rings (SSSR count). The van der Waals surface area contributed by atoms with Crippen LogP contribution in [0, 0.1) is 62.6 Å². The van der Waals surface area contributed by atoms with Gasteiger partial charge in [0.1, 0.15) is 0 Å². The Morgan fingerprint density at radius 3 is 1.93 bits per heavy atom. The van der Waals surface area contributed by atoms with Crippen LogP contribution in [0.3, 0.4) is 0 Å². The summed E-state index contributed by atoms with van der Waals surface area (Å²) in [6.07, 6.45) is 17.6. The Hall–Kier alpha value is -1.49. The molecule has 0 radical (unpaired) electrons. The van der Waals surface area contributed by atoms with Crippen LogP contribution in [0.2, 0.25) is 0 Å². The molecule has 224 valence electrons. The van der Waals surface area contributed by atoms with Gasteiger partial charge < -0.3 is 10.2 Å². The lowest BCUT2D eigenvalue weighted by Gasteiger charge is -2.75. The molecule has 5 heteroatoms. The minimum atomic E-state index is -1.61. The van der Waals surface area contributed by atoms with Gasteiger partial charge in [-0.1, -0.05) is 55.4 Å². The van der Waals surface area contributed by atoms with E-state index in [4.69, 9.17) is 0 Å². The zero-order valence-corrected chi connectivity index (χ0v) is 26.5. The first kappa shape index (κ1) is 30.0. The third kappa shape index (κ3) is 3.98. The minimum absolute atomic E-state index is 0.0773. The van der Waals surface area contributed by atoms with Gasteiger partial charge in [-0.15, -0.1) is 0 Å². The number of carbonyl (C=O) groups is 1. The summed E-state index contributed by atoms with van der Waals surface area (Å²) in [5.41, 5.74) is -1.34. The second-order valence-electron chi connectivity index (χ2n) is 16.5. The van der Waals surface area contributed by atoms with Crippen molar-refractivity contribution in [2.75, 3.05) is 0 Å². The maximum atomic E-state index is 12.7. The van der Waals surface area contributed by atoms with Crippen molar-refractivity contribution in [1.82, 2.24) is 9.97 Å². The van der Waals surface area contributed by atoms with Crippen molar-refractivity contribution in [3.05, 3.63) is 24.8 Å². The predicted octanol–water partition coefficient (Wildman–Crippen LogP) is 8.04. The molecule has 5 aliphatic rings. The van der Waals surface area contributed by atoms with Crippen molar-refractivity contribution in [2.45, 2.75) is 125 Å². The molecule has 5 aliphatic carbocycles. The van der Waals surface area contributed by atoms with Crippen molar-refractivity contribution in [2.24, 2.45) is 62.6 Å². The first-order chi connectivity index (χ1) is 18.6. The van der Waals surface area contributed by atoms with Crippen LogP contribution < -0.4 is 0 Å². The lowest BCUT2D eigenvalue weighted by molar-refractivity contribution is -0.290. The van der Waals surface area contributed by atoms with E-state index in [1.807, 2.05) is 0 Å². The van der Waals surface area contributed by atoms with E-state index in [0.717, 1.165) is 42.9 Å². The molecule has 40 heavy (non-hydrogen) atoms. The fourth-order valence-corrected chi connectivity index (χ4v) is 12.2. The Bertz CT molecular complexity index is 1070. The van der Waals surface area contributed by atoms with Crippen molar-refractivity contribution in [3.63, 3.8) is 0 Å². The van der Waals surface area contributed by atoms with E-state index in [9.17, 15) is 15.0 Å². The predicted molar refractivity (Wildman–Crippen MR) is 159 cm³/mol. The molecule has 5 nitrogen and oxygen atoms in total. The molecule has 5 saturated carbocycles. The van der Waals surface area contributed by atoms with Crippen LogP contribution >= 0.6 is 0 Å². The number of aliphatic hydroxyl groups is 1. The highest BCUT2D eigenvalue weighted by molar-refractivity contribution is 5.79. The van der Waals surface area contributed by atoms with E-state index < -0.39 is 17.0 Å². The van der Waals surface area contributed by atoms with Gasteiger partial charge in [0, 0.05) is 30.2 Å². The van der Waals surface area contributed by atoms with Crippen LogP contribution in [0.15, 0.2) is 24.8 Å². The Balaban J connectivity index is 0.000000477. The second-order valence-corrected chi connectivity index (χ2v) is 16.5. The number of hydrogen-bond acceptors (Lipinski definition) is 4. The molecule has 0 aromatic carbocycles. The summed E-state index contributed by atoms with van der Waals surface area (Å²) in [7, 11) is 0. The van der Waals surface area contributed by atoms with Crippen molar-refractivity contribution in [3.8, 4) is 0 Å². The van der Waals surface area contributed by atoms with E-state index in [1.165, 1.54) is 38.5 Å². The summed E-state index contributed by atoms with van der Waals surface area (Å²) in [6, 6.07) is 0. The fraction of sp³-hybridized carbons (Fsp3) is 0.857. The average molecular weight is 553 g/mol. The number of rotatable bonds is 1. The largest absolute Gasteiger partial charge is 0.479 e. The Morgan fingerprint density at radius 1 is 0.725 bits per heavy atom. The fourth-order valence-electron chi connectivity index (χ4n) is 12.2. The average Bonchev–Trinajstić information content (AvgIpc) is 2.91. The summed E-state index contributed by atoms with van der Waals surface area (Å²) in [6.45, 7) is 19.6. The highest BCUT2D eigenvalue weighted by Crippen LogP contribution is 2.78. The van der Waals surface area contributed by atoms with E-state index in [1.54, 1.807) is 24.8 Å². The smallest absolute Gasteiger partial charge is 0.336 e. The van der Waals surface area contributed by atoms with Gasteiger partial charge in [0.15, 0.2) is 5.60 Å². The number of carboxylic acids is 1. The molecule has 1 aromatic rings. The standard InChI is InChI=1S/C31H52O3.C4H4N2/c1-19-11-13-27(5)16-17-28(6)21(24(27)20(19)2)9-10-23-29(28,7)14-12-22-26(3,4)15-18-31(34,25(32)33)30(22,23)8;1-2-6-4-3-5-1/h19-24,34H,9-18H2,1-8H3,(H,32,33);1-4H/t19-,20+,21-,22+,23+,24+,27-,28-,29-,30+,31?;/m1./s1. The van der Waals surface area contributed by atoms with Crippen LogP contribution in [-0.2, 0) is 4.79 Å². The Morgan fingerprint density at radius 2 is 1.35 bits per heavy atom. The molecule has 1 heterocycles. The number of aliphatic carboxylic acids is 1. The van der Waals surface area contributed by atoms with E-state index >= 15 is 0 Å². The topological polar surface area (TPSA) is 83.3 Å². The number of carboxylic acid groups (broad SMARTS) is 1. The summed E-state index contributed by atoms with van der Waals surface area (Å²) in [4.78, 5) is 20.2. The molecule has 1 unspecified atom stereocenters. The quantitative estimate of drug-likeness (QED) is 0.368. The van der Waals surface area contributed by atoms with Crippen LogP contribution in [0.4, 0.5) is 0 Å². The van der Waals surface area contributed by atoms with Gasteiger partial charge in [-0.05, 0) is 121 Å². The molecule has 11 atom stereocenters. The maximum Gasteiger partial charge on any atom is 0.336 e. The summed E-state index contributed by atoms with van der Waals surface area (Å²) in [5, 5.41) is 22.4. The first-order valence-electron chi connectivity index (χ1n) is 16.2. The monoisotopic (exact) mass is 552 g/mol. The van der Waals surface area contributed by atoms with E-state index in [2.05, 4.69) is 65.4 Å². The first-order valence-corrected chi connectivity index (χ1v) is 16.2. The number of hydrogen-bond donors (Lipinski definition) is 2. The summed E-state index contributed by atoms with van der Waals surface area (Å²) < 4.78 is 0. The van der Waals surface area contributed by atoms with Crippen LogP contribution in [0.1, 0.15) is 120 Å². The third-order valence-electron chi connectivity index (χ3n) is 14.9. The van der Waals surface area contributed by atoms with Gasteiger partial charge in [0.25, 0.3) is 0 Å². The molecule has 1 aromatic heterocycles. The van der Waals surface area contributed by atoms with Gasteiger partial charge in [-0.25, -0.2) is 4.79 Å². The van der Waals surface area contributed by atoms with E-state index in [0.29, 0.717) is 11.8 Å². The van der Waals surface area contributed by atoms with Crippen molar-refractivity contribution < 1.29 is 15.0 Å². The van der Waals surface area contributed by atoms with Gasteiger partial charge in [0.05, 0.1) is 0 Å².